The van der Waals surface area contributed by atoms with Gasteiger partial charge in [0.1, 0.15) is 5.75 Å². The molecular formula is C23H21F3N2O4S. The molecule has 0 bridgehead atoms. The van der Waals surface area contributed by atoms with E-state index in [1.54, 1.807) is 19.1 Å². The van der Waals surface area contributed by atoms with E-state index in [2.05, 4.69) is 10.0 Å². The molecule has 33 heavy (non-hydrogen) atoms. The van der Waals surface area contributed by atoms with Gasteiger partial charge in [0, 0.05) is 11.4 Å². The third-order valence-electron chi connectivity index (χ3n) is 4.55. The van der Waals surface area contributed by atoms with E-state index in [0.29, 0.717) is 17.5 Å². The van der Waals surface area contributed by atoms with E-state index >= 15 is 0 Å². The lowest BCUT2D eigenvalue weighted by molar-refractivity contribution is -0.137. The molecule has 0 spiro atoms. The highest BCUT2D eigenvalue weighted by atomic mass is 32.2. The molecule has 0 aliphatic heterocycles. The summed E-state index contributed by atoms with van der Waals surface area (Å²) >= 11 is 0. The Hall–Kier alpha value is -3.53. The zero-order valence-electron chi connectivity index (χ0n) is 17.7. The monoisotopic (exact) mass is 478 g/mol. The average Bonchev–Trinajstić information content (AvgIpc) is 2.73. The van der Waals surface area contributed by atoms with Gasteiger partial charge in [-0.1, -0.05) is 18.2 Å². The van der Waals surface area contributed by atoms with Crippen LogP contribution in [0.3, 0.4) is 0 Å². The van der Waals surface area contributed by atoms with Crippen molar-refractivity contribution < 1.29 is 31.1 Å². The Labute approximate surface area is 189 Å². The number of carbonyl (C=O) groups excluding carboxylic acids is 1. The van der Waals surface area contributed by atoms with Crippen LogP contribution >= 0.6 is 0 Å². The first-order valence-corrected chi connectivity index (χ1v) is 11.3. The minimum absolute atomic E-state index is 0.179. The lowest BCUT2D eigenvalue weighted by Gasteiger charge is -2.15. The number of nitrogens with one attached hydrogen (secondary N) is 2. The normalized spacial score (nSPS) is 12.6. The molecule has 10 heteroatoms. The quantitative estimate of drug-likeness (QED) is 0.488. The fourth-order valence-corrected chi connectivity index (χ4v) is 3.93. The number of aryl methyl sites for hydroxylation is 1. The Morgan fingerprint density at radius 2 is 1.61 bits per heavy atom. The Balaban J connectivity index is 1.66. The molecule has 0 saturated heterocycles. The zero-order valence-corrected chi connectivity index (χ0v) is 18.5. The van der Waals surface area contributed by atoms with Crippen LogP contribution in [0.15, 0.2) is 77.7 Å². The Kier molecular flexibility index (Phi) is 6.97. The van der Waals surface area contributed by atoms with E-state index < -0.39 is 33.8 Å². The van der Waals surface area contributed by atoms with Gasteiger partial charge in [-0.05, 0) is 74.0 Å². The highest BCUT2D eigenvalue weighted by molar-refractivity contribution is 7.92. The second kappa shape index (κ2) is 9.53. The summed E-state index contributed by atoms with van der Waals surface area (Å²) in [4.78, 5) is 12.2. The fraction of sp³-hybridized carbons (Fsp3) is 0.174. The van der Waals surface area contributed by atoms with Crippen LogP contribution in [0.25, 0.3) is 0 Å². The topological polar surface area (TPSA) is 84.5 Å². The molecule has 0 aliphatic rings. The van der Waals surface area contributed by atoms with Gasteiger partial charge in [0.05, 0.1) is 10.5 Å². The minimum atomic E-state index is -4.60. The number of hydrogen-bond donors (Lipinski definition) is 2. The van der Waals surface area contributed by atoms with Crippen molar-refractivity contribution in [2.24, 2.45) is 0 Å². The third-order valence-corrected chi connectivity index (χ3v) is 5.94. The second-order valence-electron chi connectivity index (χ2n) is 7.27. The van der Waals surface area contributed by atoms with Crippen molar-refractivity contribution in [1.29, 1.82) is 0 Å². The van der Waals surface area contributed by atoms with Gasteiger partial charge in [-0.15, -0.1) is 0 Å². The molecule has 0 fully saturated rings. The lowest BCUT2D eigenvalue weighted by Crippen LogP contribution is -2.30. The third kappa shape index (κ3) is 6.48. The number of carbonyl (C=O) groups is 1. The summed E-state index contributed by atoms with van der Waals surface area (Å²) in [5.41, 5.74) is 0.125. The van der Waals surface area contributed by atoms with Crippen LogP contribution in [0, 0.1) is 6.92 Å². The van der Waals surface area contributed by atoms with Crippen LogP contribution < -0.4 is 14.8 Å². The van der Waals surface area contributed by atoms with E-state index in [1.165, 1.54) is 30.3 Å². The predicted molar refractivity (Wildman–Crippen MR) is 119 cm³/mol. The zero-order chi connectivity index (χ0) is 24.2. The molecule has 0 unspecified atom stereocenters. The minimum Gasteiger partial charge on any atom is -0.481 e. The van der Waals surface area contributed by atoms with Crippen LogP contribution in [-0.4, -0.2) is 20.4 Å². The summed E-state index contributed by atoms with van der Waals surface area (Å²) in [5.74, 6) is 0.106. The van der Waals surface area contributed by atoms with Crippen LogP contribution in [-0.2, 0) is 21.0 Å². The van der Waals surface area contributed by atoms with Crippen LogP contribution in [0.1, 0.15) is 18.1 Å². The van der Waals surface area contributed by atoms with Gasteiger partial charge in [-0.25, -0.2) is 8.42 Å². The van der Waals surface area contributed by atoms with Crippen LogP contribution in [0.5, 0.6) is 5.75 Å². The summed E-state index contributed by atoms with van der Waals surface area (Å²) in [5, 5.41) is 2.62. The first-order chi connectivity index (χ1) is 15.4. The first-order valence-electron chi connectivity index (χ1n) is 9.78. The number of halogens is 3. The second-order valence-corrected chi connectivity index (χ2v) is 8.96. The number of rotatable bonds is 7. The summed E-state index contributed by atoms with van der Waals surface area (Å²) in [7, 11) is -4.14. The van der Waals surface area contributed by atoms with Gasteiger partial charge in [-0.2, -0.15) is 13.2 Å². The molecule has 3 aromatic carbocycles. The predicted octanol–water partition coefficient (Wildman–Crippen LogP) is 5.22. The maximum absolute atomic E-state index is 12.8. The van der Waals surface area contributed by atoms with Gasteiger partial charge in [0.15, 0.2) is 6.10 Å². The van der Waals surface area contributed by atoms with Crippen molar-refractivity contribution in [1.82, 2.24) is 0 Å². The molecule has 0 saturated carbocycles. The summed E-state index contributed by atoms with van der Waals surface area (Å²) < 4.78 is 71.3. The summed E-state index contributed by atoms with van der Waals surface area (Å²) in [6, 6.07) is 16.3. The molecule has 2 N–H and O–H groups in total. The number of benzene rings is 3. The van der Waals surface area contributed by atoms with Crippen molar-refractivity contribution in [3.63, 3.8) is 0 Å². The number of anilines is 2. The standard InChI is InChI=1S/C23H21F3N2O4S/c1-15-5-3-8-20(13-15)32-16(2)22(29)27-18-9-11-21(12-10-18)33(30,31)28-19-7-4-6-17(14-19)23(24,25)26/h3-14,16,28H,1-2H3,(H,27,29)/t16-/m0/s1. The highest BCUT2D eigenvalue weighted by Gasteiger charge is 2.30. The molecule has 3 aromatic rings. The molecule has 0 aliphatic carbocycles. The van der Waals surface area contributed by atoms with Crippen molar-refractivity contribution in [2.45, 2.75) is 31.0 Å². The van der Waals surface area contributed by atoms with Crippen LogP contribution in [0.2, 0.25) is 0 Å². The number of sulfonamides is 1. The van der Waals surface area contributed by atoms with Gasteiger partial charge in [0.25, 0.3) is 15.9 Å². The van der Waals surface area contributed by atoms with Crippen molar-refractivity contribution in [2.75, 3.05) is 10.0 Å². The molecule has 1 amide bonds. The smallest absolute Gasteiger partial charge is 0.416 e. The largest absolute Gasteiger partial charge is 0.481 e. The number of ether oxygens (including phenoxy) is 1. The molecule has 1 atom stereocenters. The molecule has 6 nitrogen and oxygen atoms in total. The first kappa shape index (κ1) is 24.1. The molecule has 0 aromatic heterocycles. The van der Waals surface area contributed by atoms with Gasteiger partial charge < -0.3 is 10.1 Å². The van der Waals surface area contributed by atoms with Crippen molar-refractivity contribution in [3.05, 3.63) is 83.9 Å². The number of alkyl halides is 3. The average molecular weight is 478 g/mol. The van der Waals surface area contributed by atoms with Crippen LogP contribution in [0.4, 0.5) is 24.5 Å². The van der Waals surface area contributed by atoms with Crippen molar-refractivity contribution in [3.8, 4) is 5.75 Å². The lowest BCUT2D eigenvalue weighted by atomic mass is 10.2. The van der Waals surface area contributed by atoms with E-state index in [0.717, 1.165) is 17.7 Å². The van der Waals surface area contributed by atoms with Gasteiger partial charge in [0.2, 0.25) is 0 Å². The van der Waals surface area contributed by atoms with E-state index in [-0.39, 0.29) is 10.6 Å². The Morgan fingerprint density at radius 3 is 2.24 bits per heavy atom. The maximum Gasteiger partial charge on any atom is 0.416 e. The van der Waals surface area contributed by atoms with E-state index in [4.69, 9.17) is 4.74 Å². The Morgan fingerprint density at radius 1 is 0.939 bits per heavy atom. The molecule has 3 rings (SSSR count). The molecule has 0 heterocycles. The summed E-state index contributed by atoms with van der Waals surface area (Å²) in [6.07, 6.45) is -5.40. The molecule has 174 valence electrons. The van der Waals surface area contributed by atoms with Gasteiger partial charge >= 0.3 is 6.18 Å². The molecular weight excluding hydrogens is 457 g/mol. The highest BCUT2D eigenvalue weighted by Crippen LogP contribution is 2.31. The maximum atomic E-state index is 12.8. The SMILES string of the molecule is Cc1cccc(O[C@@H](C)C(=O)Nc2ccc(S(=O)(=O)Nc3cccc(C(F)(F)F)c3)cc2)c1. The Bertz CT molecular complexity index is 1240. The van der Waals surface area contributed by atoms with Crippen molar-refractivity contribution >= 4 is 27.3 Å². The van der Waals surface area contributed by atoms with E-state index in [9.17, 15) is 26.4 Å². The van der Waals surface area contributed by atoms with E-state index in [1.807, 2.05) is 19.1 Å². The summed E-state index contributed by atoms with van der Waals surface area (Å²) in [6.45, 7) is 3.48. The number of hydrogen-bond acceptors (Lipinski definition) is 4. The molecule has 0 radical (unpaired) electrons. The fourth-order valence-electron chi connectivity index (χ4n) is 2.88. The van der Waals surface area contributed by atoms with Gasteiger partial charge in [-0.3, -0.25) is 9.52 Å². The number of amides is 1.